The third-order valence-electron chi connectivity index (χ3n) is 1.18. The smallest absolute Gasteiger partial charge is 0.171 e. The molecule has 1 N–H and O–H groups in total. The number of hydrogen-bond acceptors (Lipinski definition) is 2. The molecule has 0 bridgehead atoms. The van der Waals surface area contributed by atoms with Gasteiger partial charge in [-0.2, -0.15) is 5.10 Å². The van der Waals surface area contributed by atoms with E-state index < -0.39 is 4.96 Å². The Morgan fingerprint density at radius 3 is 2.70 bits per heavy atom. The fraction of sp³-hybridized carbons (Fsp3) is 0.400. The fourth-order valence-corrected chi connectivity index (χ4v) is 0.759. The first-order valence-electron chi connectivity index (χ1n) is 2.91. The molecule has 0 aromatic carbocycles. The fourth-order valence-electron chi connectivity index (χ4n) is 0.658. The summed E-state index contributed by atoms with van der Waals surface area (Å²) in [5, 5.41) is 13.1. The van der Waals surface area contributed by atoms with Crippen LogP contribution in [-0.2, 0) is 12.0 Å². The first-order valence-corrected chi connectivity index (χ1v) is 3.29. The average Bonchev–Trinajstić information content (AvgIpc) is 2.11. The predicted molar refractivity (Wildman–Crippen MR) is 41.5 cm³/mol. The maximum atomic E-state index is 9.19. The van der Waals surface area contributed by atoms with Gasteiger partial charge in [-0.15, -0.1) is 0 Å². The summed E-state index contributed by atoms with van der Waals surface area (Å²) in [4.78, 5) is -1.35. The number of hydrogen-bond donors (Lipinski definition) is 1. The standard InChI is InChI=1S/C5H8BClN2O/c1-9-3-2-4(8-9)5(6,7)10/h2-3,10H,6H2,1H3. The Bertz CT molecular complexity index is 230. The minimum Gasteiger partial charge on any atom is -0.378 e. The van der Waals surface area contributed by atoms with Gasteiger partial charge in [0.15, 0.2) is 7.85 Å². The van der Waals surface area contributed by atoms with Crippen LogP contribution >= 0.6 is 11.6 Å². The molecule has 10 heavy (non-hydrogen) atoms. The van der Waals surface area contributed by atoms with Crippen LogP contribution in [0.15, 0.2) is 12.3 Å². The molecule has 0 aliphatic heterocycles. The second-order valence-electron chi connectivity index (χ2n) is 2.33. The van der Waals surface area contributed by atoms with Crippen LogP contribution in [-0.4, -0.2) is 22.7 Å². The van der Waals surface area contributed by atoms with Gasteiger partial charge in [0.05, 0.1) is 5.69 Å². The third kappa shape index (κ3) is 1.52. The predicted octanol–water partition coefficient (Wildman–Crippen LogP) is -0.605. The average molecular weight is 158 g/mol. The Balaban J connectivity index is 2.96. The normalized spacial score (nSPS) is 16.7. The van der Waals surface area contributed by atoms with Gasteiger partial charge in [-0.1, -0.05) is 11.6 Å². The monoisotopic (exact) mass is 158 g/mol. The molecule has 0 saturated carbocycles. The quantitative estimate of drug-likeness (QED) is 0.438. The zero-order valence-electron chi connectivity index (χ0n) is 5.87. The third-order valence-corrected chi connectivity index (χ3v) is 1.37. The van der Waals surface area contributed by atoms with Gasteiger partial charge < -0.3 is 5.11 Å². The highest BCUT2D eigenvalue weighted by atomic mass is 35.5. The Hall–Kier alpha value is -0.475. The van der Waals surface area contributed by atoms with Gasteiger partial charge in [0.25, 0.3) is 0 Å². The van der Waals surface area contributed by atoms with Crippen molar-refractivity contribution in [1.29, 1.82) is 0 Å². The van der Waals surface area contributed by atoms with Crippen molar-refractivity contribution < 1.29 is 5.11 Å². The summed E-state index contributed by atoms with van der Waals surface area (Å²) >= 11 is 5.55. The summed E-state index contributed by atoms with van der Waals surface area (Å²) in [6.07, 6.45) is 1.73. The Morgan fingerprint density at radius 1 is 1.90 bits per heavy atom. The number of alkyl halides is 1. The summed E-state index contributed by atoms with van der Waals surface area (Å²) in [5.74, 6) is 0. The van der Waals surface area contributed by atoms with E-state index in [1.54, 1.807) is 24.0 Å². The highest BCUT2D eigenvalue weighted by Crippen LogP contribution is 2.18. The zero-order chi connectivity index (χ0) is 7.78. The molecule has 3 nitrogen and oxygen atoms in total. The van der Waals surface area contributed by atoms with E-state index in [0.29, 0.717) is 5.69 Å². The lowest BCUT2D eigenvalue weighted by atomic mass is 9.96. The van der Waals surface area contributed by atoms with Gasteiger partial charge in [-0.25, -0.2) is 0 Å². The molecule has 0 radical (unpaired) electrons. The van der Waals surface area contributed by atoms with Gasteiger partial charge in [-0.3, -0.25) is 4.68 Å². The van der Waals surface area contributed by atoms with Crippen LogP contribution in [0.5, 0.6) is 0 Å². The number of rotatable bonds is 1. The maximum Gasteiger partial charge on any atom is 0.171 e. The van der Waals surface area contributed by atoms with Crippen molar-refractivity contribution in [3.8, 4) is 0 Å². The lowest BCUT2D eigenvalue weighted by Gasteiger charge is -2.09. The Kier molecular flexibility index (Phi) is 1.75. The second-order valence-corrected chi connectivity index (χ2v) is 3.06. The molecule has 54 valence electrons. The van der Waals surface area contributed by atoms with E-state index in [-0.39, 0.29) is 0 Å². The zero-order valence-corrected chi connectivity index (χ0v) is 6.63. The summed E-state index contributed by atoms with van der Waals surface area (Å²) in [6, 6.07) is 1.67. The first-order chi connectivity index (χ1) is 4.50. The summed E-state index contributed by atoms with van der Waals surface area (Å²) in [5.41, 5.74) is 0.469. The number of halogens is 1. The number of nitrogens with zero attached hydrogens (tertiary/aromatic N) is 2. The van der Waals surface area contributed by atoms with Gasteiger partial charge in [0.1, 0.15) is 4.96 Å². The van der Waals surface area contributed by atoms with Crippen molar-refractivity contribution in [1.82, 2.24) is 9.78 Å². The molecule has 0 aliphatic rings. The lowest BCUT2D eigenvalue weighted by molar-refractivity contribution is 0.211. The summed E-state index contributed by atoms with van der Waals surface area (Å²) in [6.45, 7) is 0. The summed E-state index contributed by atoms with van der Waals surface area (Å²) in [7, 11) is 3.25. The van der Waals surface area contributed by atoms with E-state index in [1.807, 2.05) is 0 Å². The molecule has 0 amide bonds. The molecule has 0 saturated heterocycles. The topological polar surface area (TPSA) is 38.0 Å². The lowest BCUT2D eigenvalue weighted by Crippen LogP contribution is -2.18. The maximum absolute atomic E-state index is 9.19. The van der Waals surface area contributed by atoms with Gasteiger partial charge in [0, 0.05) is 13.2 Å². The van der Waals surface area contributed by atoms with E-state index >= 15 is 0 Å². The molecule has 1 unspecified atom stereocenters. The second kappa shape index (κ2) is 2.29. The van der Waals surface area contributed by atoms with Crippen molar-refractivity contribution in [3.63, 3.8) is 0 Å². The van der Waals surface area contributed by atoms with E-state index in [2.05, 4.69) is 5.10 Å². The van der Waals surface area contributed by atoms with Crippen LogP contribution in [0.2, 0.25) is 0 Å². The van der Waals surface area contributed by atoms with Crippen LogP contribution in [0.1, 0.15) is 5.69 Å². The van der Waals surface area contributed by atoms with E-state index in [0.717, 1.165) is 0 Å². The van der Waals surface area contributed by atoms with Crippen molar-refractivity contribution in [2.75, 3.05) is 0 Å². The molecule has 1 heterocycles. The highest BCUT2D eigenvalue weighted by molar-refractivity contribution is 6.42. The number of aromatic nitrogens is 2. The highest BCUT2D eigenvalue weighted by Gasteiger charge is 2.20. The molecule has 5 heteroatoms. The van der Waals surface area contributed by atoms with Crippen molar-refractivity contribution in [3.05, 3.63) is 18.0 Å². The van der Waals surface area contributed by atoms with Crippen molar-refractivity contribution in [2.45, 2.75) is 4.96 Å². The molecular weight excluding hydrogens is 150 g/mol. The molecule has 1 rings (SSSR count). The number of aliphatic hydroxyl groups is 1. The van der Waals surface area contributed by atoms with Crippen LogP contribution in [0.25, 0.3) is 0 Å². The largest absolute Gasteiger partial charge is 0.378 e. The van der Waals surface area contributed by atoms with E-state index in [9.17, 15) is 5.11 Å². The van der Waals surface area contributed by atoms with Crippen molar-refractivity contribution in [2.24, 2.45) is 7.05 Å². The van der Waals surface area contributed by atoms with Gasteiger partial charge in [-0.05, 0) is 6.07 Å². The van der Waals surface area contributed by atoms with E-state index in [1.165, 1.54) is 7.85 Å². The van der Waals surface area contributed by atoms with Crippen LogP contribution in [0.4, 0.5) is 0 Å². The molecule has 1 atom stereocenters. The van der Waals surface area contributed by atoms with Gasteiger partial charge >= 0.3 is 0 Å². The van der Waals surface area contributed by atoms with Crippen LogP contribution < -0.4 is 0 Å². The molecule has 0 aliphatic carbocycles. The Morgan fingerprint density at radius 2 is 2.50 bits per heavy atom. The molecule has 1 aromatic heterocycles. The SMILES string of the molecule is BC(O)(Cl)c1ccn(C)n1. The minimum absolute atomic E-state index is 0.469. The molecular formula is C5H8BClN2O. The van der Waals surface area contributed by atoms with Crippen molar-refractivity contribution >= 4 is 19.4 Å². The Labute approximate surface area is 65.0 Å². The first kappa shape index (κ1) is 7.63. The van der Waals surface area contributed by atoms with E-state index in [4.69, 9.17) is 11.6 Å². The molecule has 1 aromatic rings. The van der Waals surface area contributed by atoms with Crippen LogP contribution in [0, 0.1) is 0 Å². The summed E-state index contributed by atoms with van der Waals surface area (Å²) < 4.78 is 1.59. The molecule has 0 spiro atoms. The minimum atomic E-state index is -1.35. The van der Waals surface area contributed by atoms with Gasteiger partial charge in [0.2, 0.25) is 0 Å². The molecule has 0 fully saturated rings. The number of aryl methyl sites for hydroxylation is 1. The van der Waals surface area contributed by atoms with Crippen LogP contribution in [0.3, 0.4) is 0 Å².